The van der Waals surface area contributed by atoms with Gasteiger partial charge < -0.3 is 15.4 Å². The van der Waals surface area contributed by atoms with Gasteiger partial charge in [-0.1, -0.05) is 0 Å². The number of amides is 1. The van der Waals surface area contributed by atoms with Crippen molar-refractivity contribution >= 4 is 6.09 Å². The second-order valence-corrected chi connectivity index (χ2v) is 3.43. The van der Waals surface area contributed by atoms with Crippen LogP contribution in [0.25, 0.3) is 0 Å². The molecule has 4 nitrogen and oxygen atoms in total. The van der Waals surface area contributed by atoms with E-state index in [-0.39, 0.29) is 12.1 Å². The van der Waals surface area contributed by atoms with Gasteiger partial charge in [0.15, 0.2) is 0 Å². The summed E-state index contributed by atoms with van der Waals surface area (Å²) in [5.41, 5.74) is 5.57. The molecule has 1 saturated carbocycles. The van der Waals surface area contributed by atoms with Crippen LogP contribution in [0.1, 0.15) is 19.3 Å². The molecule has 0 spiro atoms. The molecule has 1 saturated heterocycles. The highest BCUT2D eigenvalue weighted by Crippen LogP contribution is 2.31. The third-order valence-electron chi connectivity index (χ3n) is 2.49. The number of ether oxygens (including phenoxy) is 1. The highest BCUT2D eigenvalue weighted by molar-refractivity contribution is 5.69. The molecule has 1 atom stereocenters. The molecule has 1 unspecified atom stereocenters. The molecule has 0 bridgehead atoms. The monoisotopic (exact) mass is 170 g/mol. The molecule has 1 heterocycles. The lowest BCUT2D eigenvalue weighted by molar-refractivity contribution is 0.0428. The third kappa shape index (κ3) is 1.27. The fourth-order valence-corrected chi connectivity index (χ4v) is 1.68. The van der Waals surface area contributed by atoms with Gasteiger partial charge in [0.2, 0.25) is 0 Å². The molecule has 1 aliphatic heterocycles. The Balaban J connectivity index is 2.05. The molecule has 0 radical (unpaired) electrons. The molecule has 4 heteroatoms. The summed E-state index contributed by atoms with van der Waals surface area (Å²) >= 11 is 0. The van der Waals surface area contributed by atoms with Gasteiger partial charge in [-0.15, -0.1) is 0 Å². The minimum absolute atomic E-state index is 0.167. The van der Waals surface area contributed by atoms with Gasteiger partial charge in [0.05, 0.1) is 12.6 Å². The second kappa shape index (κ2) is 2.94. The fourth-order valence-electron chi connectivity index (χ4n) is 1.68. The van der Waals surface area contributed by atoms with E-state index in [1.165, 1.54) is 0 Å². The largest absolute Gasteiger partial charge is 0.449 e. The summed E-state index contributed by atoms with van der Waals surface area (Å²) in [4.78, 5) is 13.1. The van der Waals surface area contributed by atoms with Crippen molar-refractivity contribution in [1.82, 2.24) is 4.90 Å². The Hall–Kier alpha value is -0.770. The van der Waals surface area contributed by atoms with Crippen LogP contribution in [0, 0.1) is 0 Å². The number of hydrogen-bond donors (Lipinski definition) is 1. The van der Waals surface area contributed by atoms with Crippen molar-refractivity contribution in [2.24, 2.45) is 5.73 Å². The Bertz CT molecular complexity index is 191. The first kappa shape index (κ1) is 7.86. The Morgan fingerprint density at radius 1 is 1.50 bits per heavy atom. The van der Waals surface area contributed by atoms with Crippen LogP contribution in [0.2, 0.25) is 0 Å². The van der Waals surface area contributed by atoms with Gasteiger partial charge in [0, 0.05) is 19.0 Å². The van der Waals surface area contributed by atoms with Gasteiger partial charge >= 0.3 is 6.09 Å². The van der Waals surface area contributed by atoms with Crippen LogP contribution < -0.4 is 5.73 Å². The molecule has 2 N–H and O–H groups in total. The Morgan fingerprint density at radius 3 is 2.83 bits per heavy atom. The van der Waals surface area contributed by atoms with E-state index >= 15 is 0 Å². The maximum absolute atomic E-state index is 11.3. The van der Waals surface area contributed by atoms with Crippen molar-refractivity contribution in [3.63, 3.8) is 0 Å². The minimum Gasteiger partial charge on any atom is -0.449 e. The van der Waals surface area contributed by atoms with E-state index in [4.69, 9.17) is 10.5 Å². The normalized spacial score (nSPS) is 30.2. The second-order valence-electron chi connectivity index (χ2n) is 3.43. The maximum atomic E-state index is 11.3. The first-order chi connectivity index (χ1) is 5.83. The lowest BCUT2D eigenvalue weighted by Crippen LogP contribution is -2.50. The zero-order valence-corrected chi connectivity index (χ0v) is 7.03. The van der Waals surface area contributed by atoms with Crippen molar-refractivity contribution < 1.29 is 9.53 Å². The standard InChI is InChI=1S/C8H14N2O2/c9-5-7-3-4-12-8(11)10(7)6-1-2-6/h6-7H,1-5,9H2. The summed E-state index contributed by atoms with van der Waals surface area (Å²) in [5.74, 6) is 0. The lowest BCUT2D eigenvalue weighted by atomic mass is 10.1. The molecule has 0 aromatic rings. The van der Waals surface area contributed by atoms with Gasteiger partial charge in [-0.25, -0.2) is 4.79 Å². The van der Waals surface area contributed by atoms with Gasteiger partial charge in [-0.3, -0.25) is 0 Å². The van der Waals surface area contributed by atoms with Crippen LogP contribution in [0.4, 0.5) is 4.79 Å². The fraction of sp³-hybridized carbons (Fsp3) is 0.875. The van der Waals surface area contributed by atoms with Gasteiger partial charge in [-0.05, 0) is 12.8 Å². The molecule has 2 aliphatic rings. The summed E-state index contributed by atoms with van der Waals surface area (Å²) in [6.45, 7) is 1.09. The predicted molar refractivity (Wildman–Crippen MR) is 43.7 cm³/mol. The molecule has 2 rings (SSSR count). The van der Waals surface area contributed by atoms with Crippen LogP contribution in [-0.4, -0.2) is 36.2 Å². The zero-order valence-electron chi connectivity index (χ0n) is 7.03. The van der Waals surface area contributed by atoms with E-state index < -0.39 is 0 Å². The van der Waals surface area contributed by atoms with Crippen LogP contribution in [-0.2, 0) is 4.74 Å². The first-order valence-electron chi connectivity index (χ1n) is 4.48. The summed E-state index contributed by atoms with van der Waals surface area (Å²) in [6.07, 6.45) is 2.95. The lowest BCUT2D eigenvalue weighted by Gasteiger charge is -2.34. The molecule has 2 fully saturated rings. The molecule has 1 amide bonds. The Kier molecular flexibility index (Phi) is 1.92. The molecule has 12 heavy (non-hydrogen) atoms. The topological polar surface area (TPSA) is 55.6 Å². The van der Waals surface area contributed by atoms with E-state index in [0.717, 1.165) is 19.3 Å². The average molecular weight is 170 g/mol. The van der Waals surface area contributed by atoms with E-state index in [0.29, 0.717) is 19.2 Å². The Morgan fingerprint density at radius 2 is 2.25 bits per heavy atom. The third-order valence-corrected chi connectivity index (χ3v) is 2.49. The summed E-state index contributed by atoms with van der Waals surface area (Å²) in [7, 11) is 0. The molecular weight excluding hydrogens is 156 g/mol. The highest BCUT2D eigenvalue weighted by atomic mass is 16.6. The summed E-state index contributed by atoms with van der Waals surface area (Å²) in [6, 6.07) is 0.644. The predicted octanol–water partition coefficient (Wildman–Crippen LogP) is 0.318. The zero-order chi connectivity index (χ0) is 8.55. The van der Waals surface area contributed by atoms with Crippen molar-refractivity contribution in [2.75, 3.05) is 13.2 Å². The number of nitrogens with two attached hydrogens (primary N) is 1. The summed E-state index contributed by atoms with van der Waals surface area (Å²) in [5, 5.41) is 0. The average Bonchev–Trinajstić information content (AvgIpc) is 2.87. The van der Waals surface area contributed by atoms with Crippen LogP contribution in [0.5, 0.6) is 0 Å². The number of cyclic esters (lactones) is 1. The van der Waals surface area contributed by atoms with Gasteiger partial charge in [0.25, 0.3) is 0 Å². The van der Waals surface area contributed by atoms with Crippen molar-refractivity contribution in [3.05, 3.63) is 0 Å². The van der Waals surface area contributed by atoms with E-state index in [2.05, 4.69) is 0 Å². The number of hydrogen-bond acceptors (Lipinski definition) is 3. The highest BCUT2D eigenvalue weighted by Gasteiger charge is 2.39. The van der Waals surface area contributed by atoms with Crippen molar-refractivity contribution in [2.45, 2.75) is 31.3 Å². The number of nitrogens with zero attached hydrogens (tertiary/aromatic N) is 1. The van der Waals surface area contributed by atoms with E-state index in [9.17, 15) is 4.79 Å². The number of carbonyl (C=O) groups is 1. The van der Waals surface area contributed by atoms with Crippen LogP contribution in [0.15, 0.2) is 0 Å². The maximum Gasteiger partial charge on any atom is 0.410 e. The van der Waals surface area contributed by atoms with E-state index in [1.54, 1.807) is 0 Å². The molecular formula is C8H14N2O2. The number of rotatable bonds is 2. The van der Waals surface area contributed by atoms with Gasteiger partial charge in [0.1, 0.15) is 0 Å². The molecule has 1 aliphatic carbocycles. The smallest absolute Gasteiger partial charge is 0.410 e. The van der Waals surface area contributed by atoms with Gasteiger partial charge in [-0.2, -0.15) is 0 Å². The van der Waals surface area contributed by atoms with Crippen molar-refractivity contribution in [1.29, 1.82) is 0 Å². The van der Waals surface area contributed by atoms with Crippen molar-refractivity contribution in [3.8, 4) is 0 Å². The number of carbonyl (C=O) groups excluding carboxylic acids is 1. The Labute approximate surface area is 71.7 Å². The van der Waals surface area contributed by atoms with Crippen LogP contribution >= 0.6 is 0 Å². The molecule has 0 aromatic heterocycles. The molecule has 0 aromatic carbocycles. The minimum atomic E-state index is -0.167. The first-order valence-corrected chi connectivity index (χ1v) is 4.48. The quantitative estimate of drug-likeness (QED) is 0.649. The van der Waals surface area contributed by atoms with E-state index in [1.807, 2.05) is 4.90 Å². The SMILES string of the molecule is NCC1CCOC(=O)N1C1CC1. The molecule has 68 valence electrons. The van der Waals surface area contributed by atoms with Crippen LogP contribution in [0.3, 0.4) is 0 Å². The summed E-state index contributed by atoms with van der Waals surface area (Å²) < 4.78 is 4.96.